The Balaban J connectivity index is 1.91. The summed E-state index contributed by atoms with van der Waals surface area (Å²) in [5.74, 6) is 0. The molecule has 3 heteroatoms. The standard InChI is InChI=1S/C7H14BO2/c1-2-3-4-5-8-6-7-9-10-8/h1-7H2. The largest absolute Gasteiger partial charge is 0.342 e. The quantitative estimate of drug-likeness (QED) is 0.338. The van der Waals surface area contributed by atoms with Crippen LogP contribution < -0.4 is 0 Å². The zero-order valence-electron chi connectivity index (χ0n) is 6.34. The van der Waals surface area contributed by atoms with Gasteiger partial charge in [-0.25, -0.2) is 0 Å². The zero-order valence-corrected chi connectivity index (χ0v) is 6.34. The van der Waals surface area contributed by atoms with Gasteiger partial charge in [-0.15, -0.1) is 0 Å². The second-order valence-electron chi connectivity index (χ2n) is 2.68. The van der Waals surface area contributed by atoms with Gasteiger partial charge in [-0.1, -0.05) is 26.2 Å². The van der Waals surface area contributed by atoms with Crippen molar-refractivity contribution < 1.29 is 9.69 Å². The summed E-state index contributed by atoms with van der Waals surface area (Å²) in [6.07, 6.45) is 5.66. The summed E-state index contributed by atoms with van der Waals surface area (Å²) >= 11 is 0. The topological polar surface area (TPSA) is 18.5 Å². The third-order valence-electron chi connectivity index (χ3n) is 1.75. The average Bonchev–Trinajstić information content (AvgIpc) is 2.41. The van der Waals surface area contributed by atoms with Crippen LogP contribution in [0.15, 0.2) is 0 Å². The van der Waals surface area contributed by atoms with Crippen LogP contribution in [0.3, 0.4) is 0 Å². The molecule has 1 radical (unpaired) electrons. The van der Waals surface area contributed by atoms with Crippen molar-refractivity contribution in [1.82, 2.24) is 0 Å². The minimum Gasteiger partial charge on any atom is -0.305 e. The second-order valence-corrected chi connectivity index (χ2v) is 2.68. The van der Waals surface area contributed by atoms with Crippen LogP contribution in [0.2, 0.25) is 12.6 Å². The molecule has 1 saturated heterocycles. The summed E-state index contributed by atoms with van der Waals surface area (Å²) in [5, 5.41) is 0. The lowest BCUT2D eigenvalue weighted by molar-refractivity contribution is -0.185. The van der Waals surface area contributed by atoms with Gasteiger partial charge in [0.2, 0.25) is 0 Å². The fraction of sp³-hybridized carbons (Fsp3) is 0.857. The molecule has 1 heterocycles. The maximum Gasteiger partial charge on any atom is 0.342 e. The van der Waals surface area contributed by atoms with E-state index in [4.69, 9.17) is 9.69 Å². The lowest BCUT2D eigenvalue weighted by atomic mass is 9.61. The highest BCUT2D eigenvalue weighted by Gasteiger charge is 2.21. The van der Waals surface area contributed by atoms with Crippen molar-refractivity contribution in [3.63, 3.8) is 0 Å². The first kappa shape index (κ1) is 8.09. The summed E-state index contributed by atoms with van der Waals surface area (Å²) in [6.45, 7) is 4.92. The van der Waals surface area contributed by atoms with Crippen LogP contribution in [0.25, 0.3) is 0 Å². The smallest absolute Gasteiger partial charge is 0.305 e. The molecule has 10 heavy (non-hydrogen) atoms. The number of hydrogen-bond donors (Lipinski definition) is 0. The van der Waals surface area contributed by atoms with Crippen molar-refractivity contribution in [1.29, 1.82) is 0 Å². The fourth-order valence-corrected chi connectivity index (χ4v) is 1.11. The Morgan fingerprint density at radius 3 is 2.90 bits per heavy atom. The fourth-order valence-electron chi connectivity index (χ4n) is 1.11. The van der Waals surface area contributed by atoms with Crippen LogP contribution in [0.4, 0.5) is 0 Å². The molecule has 1 aliphatic rings. The highest BCUT2D eigenvalue weighted by atomic mass is 17.2. The van der Waals surface area contributed by atoms with Gasteiger partial charge < -0.3 is 4.81 Å². The Morgan fingerprint density at radius 1 is 1.40 bits per heavy atom. The lowest BCUT2D eigenvalue weighted by Crippen LogP contribution is -2.08. The Labute approximate surface area is 62.9 Å². The van der Waals surface area contributed by atoms with Crippen LogP contribution in [0.1, 0.15) is 19.3 Å². The molecule has 0 N–H and O–H groups in total. The predicted molar refractivity (Wildman–Crippen MR) is 41.6 cm³/mol. The van der Waals surface area contributed by atoms with Gasteiger partial charge in [-0.05, 0) is 12.6 Å². The molecule has 0 unspecified atom stereocenters. The van der Waals surface area contributed by atoms with Gasteiger partial charge in [0.25, 0.3) is 0 Å². The Kier molecular flexibility index (Phi) is 3.84. The highest BCUT2D eigenvalue weighted by molar-refractivity contribution is 6.52. The van der Waals surface area contributed by atoms with Crippen LogP contribution in [0.5, 0.6) is 0 Å². The average molecular weight is 141 g/mol. The van der Waals surface area contributed by atoms with Gasteiger partial charge in [0.15, 0.2) is 0 Å². The second kappa shape index (κ2) is 4.75. The van der Waals surface area contributed by atoms with Crippen LogP contribution in [0, 0.1) is 6.92 Å². The molecule has 0 aliphatic carbocycles. The molecule has 0 aromatic rings. The molecular formula is C7H14BO2. The Hall–Kier alpha value is -0.0151. The molecule has 0 spiro atoms. The van der Waals surface area contributed by atoms with E-state index in [9.17, 15) is 0 Å². The van der Waals surface area contributed by atoms with Crippen molar-refractivity contribution >= 4 is 6.92 Å². The molecule has 1 fully saturated rings. The molecule has 0 aromatic carbocycles. The molecule has 1 aliphatic heterocycles. The van der Waals surface area contributed by atoms with Crippen LogP contribution in [-0.4, -0.2) is 13.5 Å². The summed E-state index contributed by atoms with van der Waals surface area (Å²) in [4.78, 5) is 9.75. The van der Waals surface area contributed by atoms with Gasteiger partial charge in [-0.3, -0.25) is 4.89 Å². The van der Waals surface area contributed by atoms with Crippen molar-refractivity contribution in [2.75, 3.05) is 6.61 Å². The SMILES string of the molecule is [CH2]CCCCB1CCOO1. The van der Waals surface area contributed by atoms with Gasteiger partial charge >= 0.3 is 6.92 Å². The first-order valence-electron chi connectivity index (χ1n) is 4.01. The molecule has 57 valence electrons. The zero-order chi connectivity index (χ0) is 7.23. The van der Waals surface area contributed by atoms with Gasteiger partial charge in [-0.2, -0.15) is 0 Å². The molecular weight excluding hydrogens is 127 g/mol. The van der Waals surface area contributed by atoms with E-state index in [1.807, 2.05) is 0 Å². The van der Waals surface area contributed by atoms with Crippen LogP contribution in [-0.2, 0) is 9.69 Å². The summed E-state index contributed by atoms with van der Waals surface area (Å²) in [7, 11) is 0. The third-order valence-corrected chi connectivity index (χ3v) is 1.75. The van der Waals surface area contributed by atoms with E-state index >= 15 is 0 Å². The molecule has 0 amide bonds. The number of hydrogen-bond acceptors (Lipinski definition) is 2. The highest BCUT2D eigenvalue weighted by Crippen LogP contribution is 2.13. The molecule has 2 nitrogen and oxygen atoms in total. The normalized spacial score (nSPS) is 18.3. The van der Waals surface area contributed by atoms with Crippen molar-refractivity contribution in [3.05, 3.63) is 6.92 Å². The molecule has 0 bridgehead atoms. The van der Waals surface area contributed by atoms with E-state index in [0.717, 1.165) is 25.7 Å². The lowest BCUT2D eigenvalue weighted by Gasteiger charge is -1.99. The molecule has 1 rings (SSSR count). The van der Waals surface area contributed by atoms with Crippen molar-refractivity contribution in [3.8, 4) is 0 Å². The Morgan fingerprint density at radius 2 is 2.30 bits per heavy atom. The minimum atomic E-state index is 0.367. The number of unbranched alkanes of at least 4 members (excludes halogenated alkanes) is 2. The molecule has 0 aromatic heterocycles. The maximum absolute atomic E-state index is 4.98. The number of rotatable bonds is 4. The van der Waals surface area contributed by atoms with E-state index < -0.39 is 0 Å². The van der Waals surface area contributed by atoms with E-state index in [0.29, 0.717) is 6.92 Å². The first-order valence-corrected chi connectivity index (χ1v) is 4.01. The molecule has 0 atom stereocenters. The predicted octanol–water partition coefficient (Wildman–Crippen LogP) is 1.94. The monoisotopic (exact) mass is 141 g/mol. The van der Waals surface area contributed by atoms with E-state index in [1.165, 1.54) is 12.8 Å². The van der Waals surface area contributed by atoms with Crippen molar-refractivity contribution in [2.24, 2.45) is 0 Å². The molecule has 0 saturated carbocycles. The minimum absolute atomic E-state index is 0.367. The summed E-state index contributed by atoms with van der Waals surface area (Å²) < 4.78 is 0. The van der Waals surface area contributed by atoms with Gasteiger partial charge in [0.05, 0.1) is 6.61 Å². The van der Waals surface area contributed by atoms with Gasteiger partial charge in [0, 0.05) is 0 Å². The van der Waals surface area contributed by atoms with E-state index in [-0.39, 0.29) is 0 Å². The van der Waals surface area contributed by atoms with Crippen molar-refractivity contribution in [2.45, 2.75) is 31.9 Å². The first-order chi connectivity index (χ1) is 4.93. The van der Waals surface area contributed by atoms with E-state index in [2.05, 4.69) is 6.92 Å². The third kappa shape index (κ3) is 2.71. The van der Waals surface area contributed by atoms with Crippen LogP contribution >= 0.6 is 0 Å². The summed E-state index contributed by atoms with van der Waals surface area (Å²) in [5.41, 5.74) is 0. The summed E-state index contributed by atoms with van der Waals surface area (Å²) in [6, 6.07) is 0. The van der Waals surface area contributed by atoms with Gasteiger partial charge in [0.1, 0.15) is 0 Å². The maximum atomic E-state index is 4.98. The Bertz CT molecular complexity index is 81.7. The van der Waals surface area contributed by atoms with E-state index in [1.54, 1.807) is 0 Å².